The number of nitrogens with two attached hydrogens (primary N) is 1. The van der Waals surface area contributed by atoms with Gasteiger partial charge in [-0.3, -0.25) is 24.3 Å². The van der Waals surface area contributed by atoms with E-state index in [2.05, 4.69) is 10.0 Å². The maximum absolute atomic E-state index is 12.4. The Morgan fingerprint density at radius 2 is 1.78 bits per heavy atom. The number of fused-ring (bicyclic) bond motifs is 1. The second-order valence-corrected chi connectivity index (χ2v) is 7.79. The third-order valence-electron chi connectivity index (χ3n) is 4.18. The molecule has 0 saturated heterocycles. The predicted octanol–water partition coefficient (Wildman–Crippen LogP) is 0.382. The predicted molar refractivity (Wildman–Crippen MR) is 98.3 cm³/mol. The molecule has 2 aromatic rings. The van der Waals surface area contributed by atoms with Gasteiger partial charge in [0.2, 0.25) is 10.0 Å². The molecule has 3 rings (SSSR count). The first-order chi connectivity index (χ1) is 12.8. The minimum Gasteiger partial charge on any atom is -0.384 e. The van der Waals surface area contributed by atoms with Crippen LogP contribution in [0.3, 0.4) is 0 Å². The first-order valence-electron chi connectivity index (χ1n) is 8.27. The number of unbranched alkanes of at least 4 members (excludes halogenated alkanes) is 1. The van der Waals surface area contributed by atoms with Crippen molar-refractivity contribution in [2.24, 2.45) is 0 Å². The second kappa shape index (κ2) is 6.97. The number of nitrogens with one attached hydrogen (secondary N) is 2. The SMILES string of the molecule is CCCCNS(=O)(=O)c1ccc(-n2c(N)c3c(cc2=O)C(=O)NC3=O)cc1. The summed E-state index contributed by atoms with van der Waals surface area (Å²) in [5.74, 6) is -1.54. The van der Waals surface area contributed by atoms with Gasteiger partial charge in [0.25, 0.3) is 17.4 Å². The molecule has 0 fully saturated rings. The smallest absolute Gasteiger partial charge is 0.262 e. The molecule has 142 valence electrons. The van der Waals surface area contributed by atoms with E-state index in [0.29, 0.717) is 6.54 Å². The van der Waals surface area contributed by atoms with Crippen molar-refractivity contribution in [3.05, 3.63) is 51.8 Å². The maximum atomic E-state index is 12.4. The molecule has 9 nitrogen and oxygen atoms in total. The third-order valence-corrected chi connectivity index (χ3v) is 5.66. The molecule has 4 N–H and O–H groups in total. The Labute approximate surface area is 155 Å². The van der Waals surface area contributed by atoms with E-state index in [9.17, 15) is 22.8 Å². The normalized spacial score (nSPS) is 13.5. The van der Waals surface area contributed by atoms with Gasteiger partial charge in [-0.2, -0.15) is 0 Å². The highest BCUT2D eigenvalue weighted by Crippen LogP contribution is 2.23. The maximum Gasteiger partial charge on any atom is 0.262 e. The molecule has 0 spiro atoms. The van der Waals surface area contributed by atoms with Crippen LogP contribution in [0.5, 0.6) is 0 Å². The number of carbonyl (C=O) groups is 2. The summed E-state index contributed by atoms with van der Waals surface area (Å²) in [5.41, 5.74) is 5.48. The van der Waals surface area contributed by atoms with Crippen LogP contribution in [0.4, 0.5) is 5.82 Å². The van der Waals surface area contributed by atoms with E-state index in [1.165, 1.54) is 24.3 Å². The number of aromatic nitrogens is 1. The van der Waals surface area contributed by atoms with Crippen molar-refractivity contribution in [1.29, 1.82) is 0 Å². The standard InChI is InChI=1S/C17H18N4O5S/c1-2-3-8-19-27(25,26)11-6-4-10(5-7-11)21-13(22)9-12-14(15(21)18)17(24)20-16(12)23/h4-7,9,19H,2-3,8,18H2,1H3,(H,20,23,24). The number of nitrogen functional groups attached to an aromatic ring is 1. The van der Waals surface area contributed by atoms with Crippen LogP contribution in [0.1, 0.15) is 40.5 Å². The van der Waals surface area contributed by atoms with Crippen LogP contribution in [-0.2, 0) is 10.0 Å². The summed E-state index contributed by atoms with van der Waals surface area (Å²) in [6.45, 7) is 2.29. The fraction of sp³-hybridized carbons (Fsp3) is 0.235. The van der Waals surface area contributed by atoms with Crippen LogP contribution >= 0.6 is 0 Å². The van der Waals surface area contributed by atoms with Crippen molar-refractivity contribution in [2.75, 3.05) is 12.3 Å². The zero-order valence-electron chi connectivity index (χ0n) is 14.5. The van der Waals surface area contributed by atoms with Gasteiger partial charge >= 0.3 is 0 Å². The van der Waals surface area contributed by atoms with E-state index in [1.54, 1.807) is 0 Å². The molecule has 0 saturated carbocycles. The number of hydrogen-bond donors (Lipinski definition) is 3. The zero-order valence-corrected chi connectivity index (χ0v) is 15.3. The highest BCUT2D eigenvalue weighted by atomic mass is 32.2. The summed E-state index contributed by atoms with van der Waals surface area (Å²) in [7, 11) is -3.65. The highest BCUT2D eigenvalue weighted by Gasteiger charge is 2.31. The number of amides is 2. The summed E-state index contributed by atoms with van der Waals surface area (Å²) < 4.78 is 28.0. The van der Waals surface area contributed by atoms with Crippen LogP contribution in [-0.4, -0.2) is 31.3 Å². The van der Waals surface area contributed by atoms with Gasteiger partial charge < -0.3 is 5.73 Å². The molecule has 2 heterocycles. The largest absolute Gasteiger partial charge is 0.384 e. The number of benzene rings is 1. The Morgan fingerprint density at radius 3 is 2.41 bits per heavy atom. The molecule has 1 aliphatic rings. The van der Waals surface area contributed by atoms with E-state index in [-0.39, 0.29) is 27.5 Å². The number of sulfonamides is 1. The molecule has 10 heteroatoms. The number of anilines is 1. The molecule has 2 amide bonds. The quantitative estimate of drug-likeness (QED) is 0.481. The first kappa shape index (κ1) is 18.8. The van der Waals surface area contributed by atoms with Crippen LogP contribution in [0.25, 0.3) is 5.69 Å². The van der Waals surface area contributed by atoms with Crippen molar-refractivity contribution in [1.82, 2.24) is 14.6 Å². The average molecular weight is 390 g/mol. The van der Waals surface area contributed by atoms with Gasteiger partial charge in [-0.05, 0) is 30.7 Å². The summed E-state index contributed by atoms with van der Waals surface area (Å²) in [6, 6.07) is 6.53. The van der Waals surface area contributed by atoms with Crippen LogP contribution in [0.15, 0.2) is 40.0 Å². The number of hydrogen-bond acceptors (Lipinski definition) is 6. The van der Waals surface area contributed by atoms with Gasteiger partial charge in [-0.25, -0.2) is 13.1 Å². The molecular formula is C17H18N4O5S. The van der Waals surface area contributed by atoms with E-state index < -0.39 is 27.4 Å². The fourth-order valence-corrected chi connectivity index (χ4v) is 3.86. The molecule has 0 radical (unpaired) electrons. The van der Waals surface area contributed by atoms with Crippen LogP contribution < -0.4 is 21.3 Å². The molecule has 0 bridgehead atoms. The summed E-state index contributed by atoms with van der Waals surface area (Å²) >= 11 is 0. The van der Waals surface area contributed by atoms with Crippen molar-refractivity contribution in [3.63, 3.8) is 0 Å². The molecule has 0 aliphatic carbocycles. The Bertz CT molecular complexity index is 1090. The Hall–Kier alpha value is -2.98. The fourth-order valence-electron chi connectivity index (χ4n) is 2.79. The third kappa shape index (κ3) is 3.36. The van der Waals surface area contributed by atoms with Crippen molar-refractivity contribution < 1.29 is 18.0 Å². The molecule has 1 aromatic carbocycles. The first-order valence-corrected chi connectivity index (χ1v) is 9.76. The van der Waals surface area contributed by atoms with E-state index in [0.717, 1.165) is 23.5 Å². The van der Waals surface area contributed by atoms with Gasteiger partial charge in [-0.15, -0.1) is 0 Å². The number of pyridine rings is 1. The lowest BCUT2D eigenvalue weighted by atomic mass is 10.1. The van der Waals surface area contributed by atoms with E-state index in [4.69, 9.17) is 5.73 Å². The average Bonchev–Trinajstić information content (AvgIpc) is 2.89. The van der Waals surface area contributed by atoms with Gasteiger partial charge in [0.1, 0.15) is 5.82 Å². The Balaban J connectivity index is 2.00. The second-order valence-electron chi connectivity index (χ2n) is 6.02. The lowest BCUT2D eigenvalue weighted by Gasteiger charge is -2.12. The zero-order chi connectivity index (χ0) is 19.8. The van der Waals surface area contributed by atoms with Gasteiger partial charge in [0.05, 0.1) is 21.7 Å². The summed E-state index contributed by atoms with van der Waals surface area (Å²) in [4.78, 5) is 36.0. The minimum absolute atomic E-state index is 0.0445. The monoisotopic (exact) mass is 390 g/mol. The van der Waals surface area contributed by atoms with Gasteiger partial charge in [0, 0.05) is 12.6 Å². The summed E-state index contributed by atoms with van der Waals surface area (Å²) in [5, 5.41) is 2.08. The number of carbonyl (C=O) groups excluding carboxylic acids is 2. The number of imide groups is 1. The number of rotatable bonds is 6. The minimum atomic E-state index is -3.65. The molecular weight excluding hydrogens is 372 g/mol. The molecule has 27 heavy (non-hydrogen) atoms. The highest BCUT2D eigenvalue weighted by molar-refractivity contribution is 7.89. The Morgan fingerprint density at radius 1 is 1.11 bits per heavy atom. The van der Waals surface area contributed by atoms with E-state index >= 15 is 0 Å². The van der Waals surface area contributed by atoms with Crippen LogP contribution in [0, 0.1) is 0 Å². The summed E-state index contributed by atoms with van der Waals surface area (Å²) in [6.07, 6.45) is 1.58. The van der Waals surface area contributed by atoms with E-state index in [1.807, 2.05) is 6.92 Å². The topological polar surface area (TPSA) is 140 Å². The van der Waals surface area contributed by atoms with Crippen molar-refractivity contribution >= 4 is 27.7 Å². The number of nitrogens with zero attached hydrogens (tertiary/aromatic N) is 1. The van der Waals surface area contributed by atoms with Crippen LogP contribution in [0.2, 0.25) is 0 Å². The molecule has 0 atom stereocenters. The lowest BCUT2D eigenvalue weighted by molar-refractivity contribution is 0.0880. The molecule has 0 unspecified atom stereocenters. The Kier molecular flexibility index (Phi) is 4.85. The van der Waals surface area contributed by atoms with Gasteiger partial charge in [-0.1, -0.05) is 13.3 Å². The van der Waals surface area contributed by atoms with Crippen molar-refractivity contribution in [2.45, 2.75) is 24.7 Å². The van der Waals surface area contributed by atoms with Gasteiger partial charge in [0.15, 0.2) is 0 Å². The molecule has 1 aliphatic heterocycles. The molecule has 1 aromatic heterocycles. The van der Waals surface area contributed by atoms with Crippen molar-refractivity contribution in [3.8, 4) is 5.69 Å². The lowest BCUT2D eigenvalue weighted by Crippen LogP contribution is -2.25.